The van der Waals surface area contributed by atoms with E-state index in [4.69, 9.17) is 17.3 Å². The second kappa shape index (κ2) is 3.59. The fraction of sp³-hybridized carbons (Fsp3) is 0.222. The molecule has 0 heterocycles. The molecule has 0 aliphatic rings. The van der Waals surface area contributed by atoms with Crippen LogP contribution in [0.3, 0.4) is 0 Å². The van der Waals surface area contributed by atoms with E-state index < -0.39 is 5.91 Å². The molecule has 1 aromatic carbocycles. The molecule has 0 unspecified atom stereocenters. The molecule has 1 rings (SSSR count). The molecule has 64 valence electrons. The van der Waals surface area contributed by atoms with Gasteiger partial charge in [0.05, 0.1) is 10.6 Å². The number of carbonyl (C=O) groups excluding carboxylic acids is 1. The summed E-state index contributed by atoms with van der Waals surface area (Å²) in [4.78, 5) is 10.8. The minimum absolute atomic E-state index is 0.399. The third-order valence-corrected chi connectivity index (χ3v) is 2.17. The standard InChI is InChI=1S/C9H10ClNO/c1-2-6-4-3-5-7(8(6)10)9(11)12/h3-5H,2H2,1H3,(H2,11,12). The molecule has 1 amide bonds. The lowest BCUT2D eigenvalue weighted by Gasteiger charge is -2.03. The number of hydrogen-bond donors (Lipinski definition) is 1. The molecule has 0 fully saturated rings. The van der Waals surface area contributed by atoms with Crippen molar-refractivity contribution in [1.82, 2.24) is 0 Å². The van der Waals surface area contributed by atoms with Crippen LogP contribution in [-0.4, -0.2) is 5.91 Å². The van der Waals surface area contributed by atoms with Crippen LogP contribution in [0.4, 0.5) is 0 Å². The zero-order valence-electron chi connectivity index (χ0n) is 6.80. The number of benzene rings is 1. The topological polar surface area (TPSA) is 43.1 Å². The first kappa shape index (κ1) is 9.07. The van der Waals surface area contributed by atoms with Crippen LogP contribution in [0.5, 0.6) is 0 Å². The summed E-state index contributed by atoms with van der Waals surface area (Å²) in [6.45, 7) is 1.98. The van der Waals surface area contributed by atoms with Crippen LogP contribution in [0.25, 0.3) is 0 Å². The van der Waals surface area contributed by atoms with Crippen LogP contribution in [0.15, 0.2) is 18.2 Å². The highest BCUT2D eigenvalue weighted by Gasteiger charge is 2.08. The Bertz CT molecular complexity index is 309. The lowest BCUT2D eigenvalue weighted by Crippen LogP contribution is -2.12. The molecule has 0 radical (unpaired) electrons. The van der Waals surface area contributed by atoms with Crippen molar-refractivity contribution in [2.45, 2.75) is 13.3 Å². The van der Waals surface area contributed by atoms with E-state index in [1.54, 1.807) is 12.1 Å². The summed E-state index contributed by atoms with van der Waals surface area (Å²) in [7, 11) is 0. The summed E-state index contributed by atoms with van der Waals surface area (Å²) in [6, 6.07) is 5.30. The molecule has 0 bridgehead atoms. The summed E-state index contributed by atoms with van der Waals surface area (Å²) in [5.74, 6) is -0.477. The van der Waals surface area contributed by atoms with E-state index >= 15 is 0 Å². The SMILES string of the molecule is CCc1cccc(C(N)=O)c1Cl. The Morgan fingerprint density at radius 2 is 2.25 bits per heavy atom. The average Bonchev–Trinajstić information content (AvgIpc) is 2.04. The van der Waals surface area contributed by atoms with Crippen molar-refractivity contribution in [3.63, 3.8) is 0 Å². The minimum Gasteiger partial charge on any atom is -0.366 e. The van der Waals surface area contributed by atoms with E-state index in [-0.39, 0.29) is 0 Å². The molecule has 3 heteroatoms. The fourth-order valence-corrected chi connectivity index (χ4v) is 1.40. The maximum absolute atomic E-state index is 10.8. The second-order valence-corrected chi connectivity index (χ2v) is 2.87. The first-order valence-corrected chi connectivity index (χ1v) is 4.11. The van der Waals surface area contributed by atoms with E-state index in [0.717, 1.165) is 12.0 Å². The maximum atomic E-state index is 10.8. The number of primary amides is 1. The highest BCUT2D eigenvalue weighted by atomic mass is 35.5. The molecule has 0 aromatic heterocycles. The first-order valence-electron chi connectivity index (χ1n) is 3.74. The van der Waals surface area contributed by atoms with E-state index in [0.29, 0.717) is 10.6 Å². The van der Waals surface area contributed by atoms with Crippen molar-refractivity contribution in [3.05, 3.63) is 34.3 Å². The zero-order valence-corrected chi connectivity index (χ0v) is 7.56. The van der Waals surface area contributed by atoms with Gasteiger partial charge in [0, 0.05) is 0 Å². The third-order valence-electron chi connectivity index (χ3n) is 1.73. The van der Waals surface area contributed by atoms with E-state index in [1.807, 2.05) is 13.0 Å². The van der Waals surface area contributed by atoms with Crippen molar-refractivity contribution in [1.29, 1.82) is 0 Å². The number of halogens is 1. The van der Waals surface area contributed by atoms with Gasteiger partial charge in [-0.1, -0.05) is 30.7 Å². The molecular formula is C9H10ClNO. The quantitative estimate of drug-likeness (QED) is 0.749. The highest BCUT2D eigenvalue weighted by Crippen LogP contribution is 2.20. The molecule has 1 aromatic rings. The average molecular weight is 184 g/mol. The Labute approximate surface area is 76.3 Å². The molecule has 0 aliphatic carbocycles. The van der Waals surface area contributed by atoms with Gasteiger partial charge in [-0.3, -0.25) is 4.79 Å². The Balaban J connectivity index is 3.23. The number of amides is 1. The lowest BCUT2D eigenvalue weighted by atomic mass is 10.1. The number of aryl methyl sites for hydroxylation is 1. The van der Waals surface area contributed by atoms with Crippen LogP contribution in [0.1, 0.15) is 22.8 Å². The van der Waals surface area contributed by atoms with Crippen LogP contribution in [-0.2, 0) is 6.42 Å². The van der Waals surface area contributed by atoms with Gasteiger partial charge in [0.2, 0.25) is 5.91 Å². The molecular weight excluding hydrogens is 174 g/mol. The van der Waals surface area contributed by atoms with Gasteiger partial charge in [-0.05, 0) is 18.1 Å². The molecule has 0 spiro atoms. The fourth-order valence-electron chi connectivity index (χ4n) is 1.04. The van der Waals surface area contributed by atoms with Gasteiger partial charge in [0.25, 0.3) is 0 Å². The summed E-state index contributed by atoms with van der Waals surface area (Å²) < 4.78 is 0. The van der Waals surface area contributed by atoms with Gasteiger partial charge in [0.15, 0.2) is 0 Å². The van der Waals surface area contributed by atoms with Crippen LogP contribution >= 0.6 is 11.6 Å². The highest BCUT2D eigenvalue weighted by molar-refractivity contribution is 6.34. The predicted molar refractivity (Wildman–Crippen MR) is 49.3 cm³/mol. The first-order chi connectivity index (χ1) is 5.66. The molecule has 2 nitrogen and oxygen atoms in total. The van der Waals surface area contributed by atoms with Crippen molar-refractivity contribution < 1.29 is 4.79 Å². The van der Waals surface area contributed by atoms with Gasteiger partial charge in [-0.15, -0.1) is 0 Å². The van der Waals surface area contributed by atoms with Crippen molar-refractivity contribution in [3.8, 4) is 0 Å². The summed E-state index contributed by atoms with van der Waals surface area (Å²) in [6.07, 6.45) is 0.806. The zero-order chi connectivity index (χ0) is 9.14. The predicted octanol–water partition coefficient (Wildman–Crippen LogP) is 2.00. The van der Waals surface area contributed by atoms with Crippen LogP contribution in [0.2, 0.25) is 5.02 Å². The van der Waals surface area contributed by atoms with Gasteiger partial charge in [-0.25, -0.2) is 0 Å². The van der Waals surface area contributed by atoms with Crippen molar-refractivity contribution in [2.75, 3.05) is 0 Å². The maximum Gasteiger partial charge on any atom is 0.250 e. The monoisotopic (exact) mass is 183 g/mol. The number of carbonyl (C=O) groups is 1. The van der Waals surface area contributed by atoms with E-state index in [2.05, 4.69) is 0 Å². The minimum atomic E-state index is -0.477. The Kier molecular flexibility index (Phi) is 2.71. The molecule has 0 aliphatic heterocycles. The Morgan fingerprint density at radius 3 is 2.75 bits per heavy atom. The van der Waals surface area contributed by atoms with Gasteiger partial charge >= 0.3 is 0 Å². The summed E-state index contributed by atoms with van der Waals surface area (Å²) >= 11 is 5.90. The number of hydrogen-bond acceptors (Lipinski definition) is 1. The number of rotatable bonds is 2. The van der Waals surface area contributed by atoms with Crippen molar-refractivity contribution >= 4 is 17.5 Å². The smallest absolute Gasteiger partial charge is 0.250 e. The van der Waals surface area contributed by atoms with Crippen LogP contribution in [0, 0.1) is 0 Å². The summed E-state index contributed by atoms with van der Waals surface area (Å²) in [5, 5.41) is 0.479. The lowest BCUT2D eigenvalue weighted by molar-refractivity contribution is 0.100. The van der Waals surface area contributed by atoms with E-state index in [9.17, 15) is 4.79 Å². The molecule has 0 atom stereocenters. The Morgan fingerprint density at radius 1 is 1.58 bits per heavy atom. The summed E-state index contributed by atoms with van der Waals surface area (Å²) in [5.41, 5.74) is 6.47. The second-order valence-electron chi connectivity index (χ2n) is 2.50. The van der Waals surface area contributed by atoms with E-state index in [1.165, 1.54) is 0 Å². The van der Waals surface area contributed by atoms with Gasteiger partial charge in [0.1, 0.15) is 0 Å². The van der Waals surface area contributed by atoms with Crippen molar-refractivity contribution in [2.24, 2.45) is 5.73 Å². The normalized spacial score (nSPS) is 9.83. The molecule has 2 N–H and O–H groups in total. The Hall–Kier alpha value is -1.02. The molecule has 0 saturated carbocycles. The van der Waals surface area contributed by atoms with Gasteiger partial charge < -0.3 is 5.73 Å². The van der Waals surface area contributed by atoms with Crippen LogP contribution < -0.4 is 5.73 Å². The largest absolute Gasteiger partial charge is 0.366 e. The molecule has 0 saturated heterocycles. The number of nitrogens with two attached hydrogens (primary N) is 1. The third kappa shape index (κ3) is 1.59. The molecule has 12 heavy (non-hydrogen) atoms. The van der Waals surface area contributed by atoms with Gasteiger partial charge in [-0.2, -0.15) is 0 Å².